The Bertz CT molecular complexity index is 722. The first-order valence-corrected chi connectivity index (χ1v) is 6.46. The van der Waals surface area contributed by atoms with Crippen molar-refractivity contribution in [2.75, 3.05) is 0 Å². The highest BCUT2D eigenvalue weighted by molar-refractivity contribution is 14.1. The van der Waals surface area contributed by atoms with Gasteiger partial charge in [0.25, 0.3) is 5.56 Å². The Balaban J connectivity index is 2.64. The first-order valence-electron chi connectivity index (χ1n) is 5.38. The molecule has 0 aliphatic carbocycles. The summed E-state index contributed by atoms with van der Waals surface area (Å²) in [5.74, 6) is 0. The standard InChI is InChI=1S/C13H7F3INO2/c14-13(15,16)8-2-1-3-9(6-8)18-5-4-11(17)10(7-19)12(18)20/h1-7H. The number of aromatic nitrogens is 1. The van der Waals surface area contributed by atoms with Gasteiger partial charge in [-0.15, -0.1) is 0 Å². The van der Waals surface area contributed by atoms with Gasteiger partial charge in [-0.05, 0) is 46.9 Å². The Morgan fingerprint density at radius 1 is 1.20 bits per heavy atom. The number of halogens is 4. The second-order valence-electron chi connectivity index (χ2n) is 3.92. The van der Waals surface area contributed by atoms with Crippen molar-refractivity contribution in [2.24, 2.45) is 0 Å². The lowest BCUT2D eigenvalue weighted by atomic mass is 10.2. The third kappa shape index (κ3) is 2.77. The second kappa shape index (κ2) is 5.39. The van der Waals surface area contributed by atoms with E-state index in [0.717, 1.165) is 16.7 Å². The molecule has 0 atom stereocenters. The smallest absolute Gasteiger partial charge is 0.298 e. The van der Waals surface area contributed by atoms with Crippen LogP contribution in [0.2, 0.25) is 0 Å². The number of hydrogen-bond acceptors (Lipinski definition) is 2. The fourth-order valence-corrected chi connectivity index (χ4v) is 2.19. The van der Waals surface area contributed by atoms with Crippen molar-refractivity contribution in [2.45, 2.75) is 6.18 Å². The third-order valence-electron chi connectivity index (χ3n) is 2.65. The number of hydrogen-bond donors (Lipinski definition) is 0. The highest BCUT2D eigenvalue weighted by Gasteiger charge is 2.30. The first kappa shape index (κ1) is 14.8. The molecule has 1 heterocycles. The topological polar surface area (TPSA) is 39.1 Å². The van der Waals surface area contributed by atoms with Crippen molar-refractivity contribution in [1.29, 1.82) is 0 Å². The van der Waals surface area contributed by atoms with Crippen molar-refractivity contribution < 1.29 is 18.0 Å². The molecule has 0 fully saturated rings. The molecule has 2 rings (SSSR count). The van der Waals surface area contributed by atoms with Gasteiger partial charge in [-0.3, -0.25) is 14.2 Å². The average molecular weight is 393 g/mol. The van der Waals surface area contributed by atoms with Crippen LogP contribution in [0.15, 0.2) is 41.3 Å². The molecular weight excluding hydrogens is 386 g/mol. The Labute approximate surface area is 125 Å². The number of alkyl halides is 3. The van der Waals surface area contributed by atoms with E-state index in [1.165, 1.54) is 24.4 Å². The van der Waals surface area contributed by atoms with Crippen LogP contribution < -0.4 is 5.56 Å². The summed E-state index contributed by atoms with van der Waals surface area (Å²) < 4.78 is 39.4. The number of aldehydes is 1. The molecule has 2 aromatic rings. The van der Waals surface area contributed by atoms with E-state index < -0.39 is 17.3 Å². The van der Waals surface area contributed by atoms with Crippen LogP contribution >= 0.6 is 22.6 Å². The summed E-state index contributed by atoms with van der Waals surface area (Å²) in [6, 6.07) is 5.86. The molecule has 0 bridgehead atoms. The van der Waals surface area contributed by atoms with Crippen molar-refractivity contribution in [3.05, 3.63) is 61.6 Å². The lowest BCUT2D eigenvalue weighted by Gasteiger charge is -2.11. The van der Waals surface area contributed by atoms with Gasteiger partial charge in [0.1, 0.15) is 0 Å². The Hall–Kier alpha value is -1.64. The molecule has 20 heavy (non-hydrogen) atoms. The lowest BCUT2D eigenvalue weighted by Crippen LogP contribution is -2.23. The number of pyridine rings is 1. The number of carbonyl (C=O) groups is 1. The van der Waals surface area contributed by atoms with Crippen molar-refractivity contribution in [3.63, 3.8) is 0 Å². The van der Waals surface area contributed by atoms with Gasteiger partial charge in [-0.2, -0.15) is 13.2 Å². The molecule has 0 aliphatic heterocycles. The maximum atomic E-state index is 12.6. The predicted molar refractivity (Wildman–Crippen MR) is 75.1 cm³/mol. The molecule has 1 aromatic heterocycles. The zero-order valence-corrected chi connectivity index (χ0v) is 12.0. The van der Waals surface area contributed by atoms with Crippen LogP contribution in [0.1, 0.15) is 15.9 Å². The molecule has 0 radical (unpaired) electrons. The normalized spacial score (nSPS) is 11.4. The van der Waals surface area contributed by atoms with E-state index in [-0.39, 0.29) is 11.3 Å². The molecule has 0 unspecified atom stereocenters. The maximum absolute atomic E-state index is 12.6. The minimum Gasteiger partial charge on any atom is -0.298 e. The summed E-state index contributed by atoms with van der Waals surface area (Å²) in [4.78, 5) is 22.9. The molecule has 3 nitrogen and oxygen atoms in total. The number of nitrogens with zero attached hydrogens (tertiary/aromatic N) is 1. The molecule has 0 aliphatic rings. The molecule has 7 heteroatoms. The summed E-state index contributed by atoms with van der Waals surface area (Å²) in [6.45, 7) is 0. The van der Waals surface area contributed by atoms with Gasteiger partial charge in [-0.25, -0.2) is 0 Å². The fourth-order valence-electron chi connectivity index (χ4n) is 1.67. The van der Waals surface area contributed by atoms with E-state index in [1.807, 2.05) is 22.6 Å². The van der Waals surface area contributed by atoms with Crippen LogP contribution in [0.25, 0.3) is 5.69 Å². The highest BCUT2D eigenvalue weighted by Crippen LogP contribution is 2.30. The Morgan fingerprint density at radius 3 is 2.50 bits per heavy atom. The summed E-state index contributed by atoms with van der Waals surface area (Å²) in [5.41, 5.74) is -1.52. The molecule has 1 aromatic carbocycles. The molecule has 104 valence electrons. The Morgan fingerprint density at radius 2 is 1.90 bits per heavy atom. The molecule has 0 saturated heterocycles. The highest BCUT2D eigenvalue weighted by atomic mass is 127. The Kier molecular flexibility index (Phi) is 3.98. The largest absolute Gasteiger partial charge is 0.416 e. The van der Waals surface area contributed by atoms with Gasteiger partial charge >= 0.3 is 6.18 Å². The van der Waals surface area contributed by atoms with Crippen molar-refractivity contribution in [3.8, 4) is 5.69 Å². The molecular formula is C13H7F3INO2. The first-order chi connectivity index (χ1) is 9.34. The number of carbonyl (C=O) groups excluding carboxylic acids is 1. The predicted octanol–water partition coefficient (Wildman–Crippen LogP) is 3.27. The van der Waals surface area contributed by atoms with Crippen molar-refractivity contribution in [1.82, 2.24) is 4.57 Å². The quantitative estimate of drug-likeness (QED) is 0.581. The lowest BCUT2D eigenvalue weighted by molar-refractivity contribution is -0.137. The fraction of sp³-hybridized carbons (Fsp3) is 0.0769. The van der Waals surface area contributed by atoms with Gasteiger partial charge in [0.2, 0.25) is 0 Å². The monoisotopic (exact) mass is 393 g/mol. The van der Waals surface area contributed by atoms with E-state index in [4.69, 9.17) is 0 Å². The minimum absolute atomic E-state index is 0.0596. The van der Waals surface area contributed by atoms with Gasteiger partial charge in [0.15, 0.2) is 6.29 Å². The average Bonchev–Trinajstić information content (AvgIpc) is 2.38. The maximum Gasteiger partial charge on any atom is 0.416 e. The number of benzene rings is 1. The van der Waals surface area contributed by atoms with Gasteiger partial charge in [-0.1, -0.05) is 6.07 Å². The van der Waals surface area contributed by atoms with Crippen molar-refractivity contribution >= 4 is 28.9 Å². The molecule has 0 saturated carbocycles. The second-order valence-corrected chi connectivity index (χ2v) is 5.08. The van der Waals surface area contributed by atoms with E-state index in [9.17, 15) is 22.8 Å². The zero-order valence-electron chi connectivity index (χ0n) is 9.82. The van der Waals surface area contributed by atoms with Gasteiger partial charge < -0.3 is 0 Å². The zero-order chi connectivity index (χ0) is 14.9. The van der Waals surface area contributed by atoms with Crippen LogP contribution in [-0.4, -0.2) is 10.9 Å². The van der Waals surface area contributed by atoms with E-state index in [1.54, 1.807) is 0 Å². The summed E-state index contributed by atoms with van der Waals surface area (Å²) >= 11 is 1.82. The van der Waals surface area contributed by atoms with Crippen LogP contribution in [-0.2, 0) is 6.18 Å². The van der Waals surface area contributed by atoms with Crippen LogP contribution in [0.3, 0.4) is 0 Å². The molecule has 0 amide bonds. The summed E-state index contributed by atoms with van der Waals surface area (Å²) in [6.07, 6.45) is -2.75. The van der Waals surface area contributed by atoms with Gasteiger partial charge in [0, 0.05) is 15.5 Å². The van der Waals surface area contributed by atoms with Crippen LogP contribution in [0.5, 0.6) is 0 Å². The molecule has 0 spiro atoms. The van der Waals surface area contributed by atoms with Gasteiger partial charge in [0.05, 0.1) is 11.1 Å². The van der Waals surface area contributed by atoms with Crippen LogP contribution in [0.4, 0.5) is 13.2 Å². The third-order valence-corrected chi connectivity index (χ3v) is 3.59. The summed E-state index contributed by atoms with van der Waals surface area (Å²) in [5, 5.41) is 0. The van der Waals surface area contributed by atoms with Crippen LogP contribution in [0, 0.1) is 3.57 Å². The minimum atomic E-state index is -4.49. The van der Waals surface area contributed by atoms with E-state index >= 15 is 0 Å². The summed E-state index contributed by atoms with van der Waals surface area (Å²) in [7, 11) is 0. The molecule has 0 N–H and O–H groups in total. The SMILES string of the molecule is O=Cc1c(I)ccn(-c2cccc(C(F)(F)F)c2)c1=O. The number of rotatable bonds is 2. The van der Waals surface area contributed by atoms with E-state index in [0.29, 0.717) is 9.86 Å². The van der Waals surface area contributed by atoms with E-state index in [2.05, 4.69) is 0 Å².